The van der Waals surface area contributed by atoms with Crippen LogP contribution in [0.4, 0.5) is 0 Å². The van der Waals surface area contributed by atoms with Gasteiger partial charge in [0.25, 0.3) is 0 Å². The number of carbonyl (C=O) groups excluding carboxylic acids is 1. The van der Waals surface area contributed by atoms with Crippen molar-refractivity contribution < 1.29 is 9.90 Å². The van der Waals surface area contributed by atoms with Gasteiger partial charge in [-0.05, 0) is 24.9 Å². The predicted molar refractivity (Wildman–Crippen MR) is 54.6 cm³/mol. The third kappa shape index (κ3) is 3.37. The van der Waals surface area contributed by atoms with E-state index in [1.807, 2.05) is 0 Å². The fraction of sp³-hybridized carbons (Fsp3) is 0.875. The Morgan fingerprint density at radius 1 is 1.58 bits per heavy atom. The molecule has 1 N–H and O–H groups in total. The Hall–Kier alpha value is 0.330. The van der Waals surface area contributed by atoms with Gasteiger partial charge in [0.05, 0.1) is 10.7 Å². The molecule has 1 aliphatic heterocycles. The van der Waals surface area contributed by atoms with Gasteiger partial charge in [0, 0.05) is 6.42 Å². The first-order valence-corrected chi connectivity index (χ1v) is 6.20. The largest absolute Gasteiger partial charge is 0.391 e. The maximum Gasteiger partial charge on any atom is 0.132 e. The van der Waals surface area contributed by atoms with Crippen LogP contribution in [0.2, 0.25) is 0 Å². The lowest BCUT2D eigenvalue weighted by Crippen LogP contribution is -2.25. The van der Waals surface area contributed by atoms with Gasteiger partial charge in [-0.15, -0.1) is 23.5 Å². The van der Waals surface area contributed by atoms with Crippen LogP contribution < -0.4 is 0 Å². The monoisotopic (exact) mass is 206 g/mol. The second kappa shape index (κ2) is 5.14. The summed E-state index contributed by atoms with van der Waals surface area (Å²) in [6.07, 6.45) is 1.08. The third-order valence-corrected chi connectivity index (χ3v) is 4.81. The number of hydrogen-bond donors (Lipinski definition) is 1. The fourth-order valence-corrected chi connectivity index (χ4v) is 3.99. The fourth-order valence-electron chi connectivity index (χ4n) is 1.12. The van der Waals surface area contributed by atoms with E-state index in [0.29, 0.717) is 6.42 Å². The van der Waals surface area contributed by atoms with Gasteiger partial charge in [0.2, 0.25) is 0 Å². The number of thioether (sulfide) groups is 2. The molecular formula is C8H14O2S2. The predicted octanol–water partition coefficient (Wildman–Crippen LogP) is 1.52. The molecule has 1 rings (SSSR count). The smallest absolute Gasteiger partial charge is 0.132 e. The number of aliphatic hydroxyl groups excluding tert-OH is 1. The Bertz CT molecular complexity index is 155. The van der Waals surface area contributed by atoms with Crippen LogP contribution in [-0.2, 0) is 4.79 Å². The summed E-state index contributed by atoms with van der Waals surface area (Å²) in [5.41, 5.74) is 0. The lowest BCUT2D eigenvalue weighted by Gasteiger charge is -2.24. The Labute approximate surface area is 81.5 Å². The van der Waals surface area contributed by atoms with Crippen molar-refractivity contribution in [3.05, 3.63) is 0 Å². The van der Waals surface area contributed by atoms with Gasteiger partial charge in [-0.1, -0.05) is 0 Å². The molecule has 2 nitrogen and oxygen atoms in total. The topological polar surface area (TPSA) is 37.3 Å². The average Bonchev–Trinajstić information content (AvgIpc) is 2.05. The van der Waals surface area contributed by atoms with E-state index < -0.39 is 6.10 Å². The number of ketones is 1. The minimum absolute atomic E-state index is 0.0780. The van der Waals surface area contributed by atoms with Crippen molar-refractivity contribution in [1.29, 1.82) is 0 Å². The van der Waals surface area contributed by atoms with Crippen molar-refractivity contribution in [3.63, 3.8) is 0 Å². The number of hydrogen-bond acceptors (Lipinski definition) is 4. The first-order valence-electron chi connectivity index (χ1n) is 4.11. The second-order valence-corrected chi connectivity index (χ2v) is 5.73. The summed E-state index contributed by atoms with van der Waals surface area (Å²) in [6, 6.07) is 0. The molecule has 12 heavy (non-hydrogen) atoms. The van der Waals surface area contributed by atoms with E-state index in [9.17, 15) is 9.90 Å². The van der Waals surface area contributed by atoms with E-state index >= 15 is 0 Å². The van der Waals surface area contributed by atoms with Crippen LogP contribution in [-0.4, -0.2) is 33.1 Å². The van der Waals surface area contributed by atoms with E-state index in [2.05, 4.69) is 0 Å². The average molecular weight is 206 g/mol. The highest BCUT2D eigenvalue weighted by Gasteiger charge is 2.23. The van der Waals surface area contributed by atoms with Crippen molar-refractivity contribution in [2.45, 2.75) is 30.5 Å². The lowest BCUT2D eigenvalue weighted by molar-refractivity contribution is -0.118. The summed E-state index contributed by atoms with van der Waals surface area (Å²) in [4.78, 5) is 10.7. The van der Waals surface area contributed by atoms with E-state index in [-0.39, 0.29) is 10.4 Å². The quantitative estimate of drug-likeness (QED) is 0.760. The van der Waals surface area contributed by atoms with E-state index in [0.717, 1.165) is 11.5 Å². The zero-order valence-corrected chi connectivity index (χ0v) is 8.79. The molecule has 4 heteroatoms. The highest BCUT2D eigenvalue weighted by atomic mass is 32.2. The molecule has 0 radical (unpaired) electrons. The van der Waals surface area contributed by atoms with Gasteiger partial charge in [-0.3, -0.25) is 4.79 Å². The van der Waals surface area contributed by atoms with Crippen LogP contribution in [0.3, 0.4) is 0 Å². The molecule has 0 aromatic carbocycles. The maximum atomic E-state index is 10.7. The van der Waals surface area contributed by atoms with Crippen molar-refractivity contribution in [3.8, 4) is 0 Å². The molecule has 70 valence electrons. The zero-order chi connectivity index (χ0) is 8.97. The molecule has 0 aliphatic carbocycles. The summed E-state index contributed by atoms with van der Waals surface area (Å²) in [5, 5.41) is 9.58. The second-order valence-electron chi connectivity index (χ2n) is 2.94. The molecule has 1 aliphatic rings. The minimum atomic E-state index is -0.446. The summed E-state index contributed by atoms with van der Waals surface area (Å²) < 4.78 is 0.225. The van der Waals surface area contributed by atoms with Crippen molar-refractivity contribution in [2.75, 3.05) is 11.5 Å². The number of carbonyl (C=O) groups is 1. The first-order chi connectivity index (χ1) is 5.70. The standard InChI is InChI=1S/C8H14O2S2/c1-6(9)5-7(10)8-11-3-2-4-12-8/h7-8,10H,2-5H2,1H3/t7-/m1/s1. The summed E-state index contributed by atoms with van der Waals surface area (Å²) in [5.74, 6) is 2.31. The van der Waals surface area contributed by atoms with Crippen molar-refractivity contribution in [2.24, 2.45) is 0 Å². The van der Waals surface area contributed by atoms with Crippen LogP contribution in [0, 0.1) is 0 Å². The Balaban J connectivity index is 2.29. The van der Waals surface area contributed by atoms with Crippen LogP contribution in [0.1, 0.15) is 19.8 Å². The summed E-state index contributed by atoms with van der Waals surface area (Å²) >= 11 is 3.55. The van der Waals surface area contributed by atoms with Crippen LogP contribution >= 0.6 is 23.5 Å². The Kier molecular flexibility index (Phi) is 4.46. The highest BCUT2D eigenvalue weighted by Crippen LogP contribution is 2.33. The molecule has 0 unspecified atom stereocenters. The molecule has 1 fully saturated rings. The van der Waals surface area contributed by atoms with Gasteiger partial charge in [-0.2, -0.15) is 0 Å². The van der Waals surface area contributed by atoms with Crippen LogP contribution in [0.25, 0.3) is 0 Å². The van der Waals surface area contributed by atoms with Gasteiger partial charge < -0.3 is 5.11 Å². The van der Waals surface area contributed by atoms with E-state index in [1.165, 1.54) is 13.3 Å². The SMILES string of the molecule is CC(=O)C[C@@H](O)C1SCCCS1. The minimum Gasteiger partial charge on any atom is -0.391 e. The molecule has 1 heterocycles. The highest BCUT2D eigenvalue weighted by molar-refractivity contribution is 8.17. The Morgan fingerprint density at radius 2 is 2.17 bits per heavy atom. The lowest BCUT2D eigenvalue weighted by atomic mass is 10.2. The Morgan fingerprint density at radius 3 is 2.67 bits per heavy atom. The van der Waals surface area contributed by atoms with Crippen LogP contribution in [0.15, 0.2) is 0 Å². The molecule has 1 saturated heterocycles. The van der Waals surface area contributed by atoms with Gasteiger partial charge in [0.1, 0.15) is 5.78 Å². The molecule has 0 aromatic rings. The molecule has 0 bridgehead atoms. The van der Waals surface area contributed by atoms with Gasteiger partial charge in [-0.25, -0.2) is 0 Å². The summed E-state index contributed by atoms with van der Waals surface area (Å²) in [6.45, 7) is 1.53. The maximum absolute atomic E-state index is 10.7. The number of rotatable bonds is 3. The number of Topliss-reactive ketones (excluding diaryl/α,β-unsaturated/α-hetero) is 1. The van der Waals surface area contributed by atoms with Gasteiger partial charge >= 0.3 is 0 Å². The van der Waals surface area contributed by atoms with E-state index in [4.69, 9.17) is 0 Å². The molecule has 0 amide bonds. The van der Waals surface area contributed by atoms with Crippen molar-refractivity contribution in [1.82, 2.24) is 0 Å². The third-order valence-electron chi connectivity index (χ3n) is 1.66. The van der Waals surface area contributed by atoms with Crippen LogP contribution in [0.5, 0.6) is 0 Å². The summed E-state index contributed by atoms with van der Waals surface area (Å²) in [7, 11) is 0. The molecule has 1 atom stereocenters. The molecule has 0 saturated carbocycles. The molecular weight excluding hydrogens is 192 g/mol. The molecule has 0 spiro atoms. The molecule has 0 aromatic heterocycles. The van der Waals surface area contributed by atoms with Crippen molar-refractivity contribution >= 4 is 29.3 Å². The number of aliphatic hydroxyl groups is 1. The van der Waals surface area contributed by atoms with E-state index in [1.54, 1.807) is 23.5 Å². The first kappa shape index (κ1) is 10.4. The zero-order valence-electron chi connectivity index (χ0n) is 7.16. The van der Waals surface area contributed by atoms with Gasteiger partial charge in [0.15, 0.2) is 0 Å². The normalized spacial score (nSPS) is 22.2.